The SMILES string of the molecule is COc1c(C)cc(Cl)cc1-c1n[nH]c(CN)c1Br. The summed E-state index contributed by atoms with van der Waals surface area (Å²) in [6, 6.07) is 3.68. The first-order chi connectivity index (χ1) is 8.58. The molecule has 0 atom stereocenters. The van der Waals surface area contributed by atoms with Crippen LogP contribution in [0.2, 0.25) is 5.02 Å². The quantitative estimate of drug-likeness (QED) is 0.908. The van der Waals surface area contributed by atoms with Gasteiger partial charge in [-0.1, -0.05) is 11.6 Å². The molecule has 0 bridgehead atoms. The van der Waals surface area contributed by atoms with Crippen LogP contribution in [0, 0.1) is 6.92 Å². The first-order valence-electron chi connectivity index (χ1n) is 5.35. The van der Waals surface area contributed by atoms with Crippen LogP contribution >= 0.6 is 27.5 Å². The van der Waals surface area contributed by atoms with Crippen molar-refractivity contribution in [3.05, 3.63) is 32.9 Å². The number of nitrogens with one attached hydrogen (secondary N) is 1. The maximum absolute atomic E-state index is 6.09. The molecule has 0 radical (unpaired) electrons. The van der Waals surface area contributed by atoms with Gasteiger partial charge >= 0.3 is 0 Å². The number of aromatic nitrogens is 2. The molecule has 0 aliphatic rings. The van der Waals surface area contributed by atoms with Gasteiger partial charge in [-0.05, 0) is 40.5 Å². The van der Waals surface area contributed by atoms with E-state index in [0.717, 1.165) is 32.7 Å². The average Bonchev–Trinajstić information content (AvgIpc) is 2.69. The van der Waals surface area contributed by atoms with Crippen LogP contribution in [-0.4, -0.2) is 17.3 Å². The van der Waals surface area contributed by atoms with Crippen LogP contribution in [-0.2, 0) is 6.54 Å². The molecule has 1 aromatic heterocycles. The van der Waals surface area contributed by atoms with Gasteiger partial charge in [-0.15, -0.1) is 0 Å². The molecule has 0 saturated carbocycles. The molecular weight excluding hydrogens is 318 g/mol. The van der Waals surface area contributed by atoms with Gasteiger partial charge in [0.25, 0.3) is 0 Å². The number of benzene rings is 1. The molecule has 3 N–H and O–H groups in total. The molecule has 2 rings (SSSR count). The van der Waals surface area contributed by atoms with E-state index in [1.807, 2.05) is 19.1 Å². The fourth-order valence-corrected chi connectivity index (χ4v) is 2.68. The summed E-state index contributed by atoms with van der Waals surface area (Å²) in [6.45, 7) is 2.33. The second kappa shape index (κ2) is 5.30. The van der Waals surface area contributed by atoms with E-state index in [0.29, 0.717) is 11.6 Å². The molecule has 1 aromatic carbocycles. The molecule has 96 valence electrons. The topological polar surface area (TPSA) is 63.9 Å². The molecule has 6 heteroatoms. The molecule has 0 aliphatic carbocycles. The Bertz CT molecular complexity index is 583. The van der Waals surface area contributed by atoms with Gasteiger partial charge in [-0.25, -0.2) is 0 Å². The van der Waals surface area contributed by atoms with E-state index in [9.17, 15) is 0 Å². The van der Waals surface area contributed by atoms with Gasteiger partial charge in [0, 0.05) is 17.1 Å². The fourth-order valence-electron chi connectivity index (χ4n) is 1.85. The van der Waals surface area contributed by atoms with Crippen molar-refractivity contribution in [3.8, 4) is 17.0 Å². The Morgan fingerprint density at radius 3 is 2.78 bits per heavy atom. The van der Waals surface area contributed by atoms with Crippen molar-refractivity contribution in [2.75, 3.05) is 7.11 Å². The predicted molar refractivity (Wildman–Crippen MR) is 75.9 cm³/mol. The summed E-state index contributed by atoms with van der Waals surface area (Å²) in [7, 11) is 1.63. The second-order valence-corrected chi connectivity index (χ2v) is 5.10. The van der Waals surface area contributed by atoms with E-state index in [2.05, 4.69) is 26.1 Å². The number of rotatable bonds is 3. The summed E-state index contributed by atoms with van der Waals surface area (Å²) in [5.41, 5.74) is 9.00. The molecule has 0 saturated heterocycles. The van der Waals surface area contributed by atoms with Gasteiger partial charge in [0.15, 0.2) is 0 Å². The molecule has 0 spiro atoms. The zero-order valence-corrected chi connectivity index (χ0v) is 12.4. The minimum atomic E-state index is 0.384. The standard InChI is InChI=1S/C12H13BrClN3O/c1-6-3-7(14)4-8(12(6)18-2)11-10(13)9(5-15)16-17-11/h3-4H,5,15H2,1-2H3,(H,16,17). The van der Waals surface area contributed by atoms with Gasteiger partial charge in [0.1, 0.15) is 11.4 Å². The van der Waals surface area contributed by atoms with Gasteiger partial charge in [0.05, 0.1) is 17.3 Å². The number of aromatic amines is 1. The highest BCUT2D eigenvalue weighted by Crippen LogP contribution is 2.38. The van der Waals surface area contributed by atoms with Crippen LogP contribution < -0.4 is 10.5 Å². The van der Waals surface area contributed by atoms with Crippen molar-refractivity contribution >= 4 is 27.5 Å². The summed E-state index contributed by atoms with van der Waals surface area (Å²) in [5, 5.41) is 7.79. The van der Waals surface area contributed by atoms with E-state index in [1.165, 1.54) is 0 Å². The number of hydrogen-bond donors (Lipinski definition) is 2. The normalized spacial score (nSPS) is 10.7. The van der Waals surface area contributed by atoms with Gasteiger partial charge < -0.3 is 10.5 Å². The summed E-state index contributed by atoms with van der Waals surface area (Å²) < 4.78 is 6.26. The summed E-state index contributed by atoms with van der Waals surface area (Å²) in [5.74, 6) is 0.759. The molecule has 4 nitrogen and oxygen atoms in total. The number of ether oxygens (including phenoxy) is 1. The predicted octanol–water partition coefficient (Wildman–Crippen LogP) is 3.27. The van der Waals surface area contributed by atoms with Crippen molar-refractivity contribution in [1.82, 2.24) is 10.2 Å². The van der Waals surface area contributed by atoms with E-state index in [1.54, 1.807) is 7.11 Å². The monoisotopic (exact) mass is 329 g/mol. The zero-order valence-electron chi connectivity index (χ0n) is 10.1. The Morgan fingerprint density at radius 1 is 1.50 bits per heavy atom. The molecule has 0 fully saturated rings. The van der Waals surface area contributed by atoms with Crippen LogP contribution in [0.4, 0.5) is 0 Å². The van der Waals surface area contributed by atoms with E-state index >= 15 is 0 Å². The maximum atomic E-state index is 6.09. The van der Waals surface area contributed by atoms with Crippen molar-refractivity contribution < 1.29 is 4.74 Å². The minimum Gasteiger partial charge on any atom is -0.496 e. The maximum Gasteiger partial charge on any atom is 0.131 e. The Labute approximate surface area is 119 Å². The van der Waals surface area contributed by atoms with E-state index in [4.69, 9.17) is 22.1 Å². The number of nitrogens with zero attached hydrogens (tertiary/aromatic N) is 1. The third kappa shape index (κ3) is 2.25. The third-order valence-electron chi connectivity index (χ3n) is 2.68. The van der Waals surface area contributed by atoms with Crippen LogP contribution in [0.1, 0.15) is 11.3 Å². The van der Waals surface area contributed by atoms with Crippen molar-refractivity contribution in [2.45, 2.75) is 13.5 Å². The fraction of sp³-hybridized carbons (Fsp3) is 0.250. The highest BCUT2D eigenvalue weighted by Gasteiger charge is 2.17. The molecule has 18 heavy (non-hydrogen) atoms. The van der Waals surface area contributed by atoms with Crippen molar-refractivity contribution in [3.63, 3.8) is 0 Å². The Balaban J connectivity index is 2.66. The van der Waals surface area contributed by atoms with Gasteiger partial charge in [-0.2, -0.15) is 5.10 Å². The largest absolute Gasteiger partial charge is 0.496 e. The summed E-state index contributed by atoms with van der Waals surface area (Å²) in [6.07, 6.45) is 0. The third-order valence-corrected chi connectivity index (χ3v) is 3.75. The molecular formula is C12H13BrClN3O. The summed E-state index contributed by atoms with van der Waals surface area (Å²) in [4.78, 5) is 0. The highest BCUT2D eigenvalue weighted by atomic mass is 79.9. The Hall–Kier alpha value is -1.04. The number of H-pyrrole nitrogens is 1. The molecule has 0 amide bonds. The van der Waals surface area contributed by atoms with Crippen LogP contribution in [0.25, 0.3) is 11.3 Å². The molecule has 0 aliphatic heterocycles. The van der Waals surface area contributed by atoms with Crippen LogP contribution in [0.5, 0.6) is 5.75 Å². The number of methoxy groups -OCH3 is 1. The lowest BCUT2D eigenvalue weighted by Gasteiger charge is -2.10. The lowest BCUT2D eigenvalue weighted by atomic mass is 10.1. The molecule has 1 heterocycles. The molecule has 2 aromatic rings. The second-order valence-electron chi connectivity index (χ2n) is 3.87. The minimum absolute atomic E-state index is 0.384. The lowest BCUT2D eigenvalue weighted by Crippen LogP contribution is -1.96. The Morgan fingerprint density at radius 2 is 2.22 bits per heavy atom. The first kappa shape index (κ1) is 13.4. The van der Waals surface area contributed by atoms with Crippen LogP contribution in [0.15, 0.2) is 16.6 Å². The summed E-state index contributed by atoms with van der Waals surface area (Å²) >= 11 is 9.58. The molecule has 0 unspecified atom stereocenters. The average molecular weight is 331 g/mol. The smallest absolute Gasteiger partial charge is 0.131 e. The number of nitrogens with two attached hydrogens (primary N) is 1. The highest BCUT2D eigenvalue weighted by molar-refractivity contribution is 9.10. The zero-order chi connectivity index (χ0) is 13.3. The number of aryl methyl sites for hydroxylation is 1. The van der Waals surface area contributed by atoms with Crippen molar-refractivity contribution in [2.24, 2.45) is 5.73 Å². The van der Waals surface area contributed by atoms with E-state index < -0.39 is 0 Å². The first-order valence-corrected chi connectivity index (χ1v) is 6.53. The van der Waals surface area contributed by atoms with Gasteiger partial charge in [0.2, 0.25) is 0 Å². The van der Waals surface area contributed by atoms with Gasteiger partial charge in [-0.3, -0.25) is 5.10 Å². The van der Waals surface area contributed by atoms with E-state index in [-0.39, 0.29) is 0 Å². The Kier molecular flexibility index (Phi) is 3.94. The van der Waals surface area contributed by atoms with Crippen LogP contribution in [0.3, 0.4) is 0 Å². The number of hydrogen-bond acceptors (Lipinski definition) is 3. The van der Waals surface area contributed by atoms with Crippen molar-refractivity contribution in [1.29, 1.82) is 0 Å². The number of halogens is 2. The lowest BCUT2D eigenvalue weighted by molar-refractivity contribution is 0.413.